The number of nitrogens with zero attached hydrogens (tertiary/aromatic N) is 2. The van der Waals surface area contributed by atoms with Crippen molar-refractivity contribution >= 4 is 0 Å². The topological polar surface area (TPSA) is 29.9 Å². The SMILES string of the molecule is CCCNC1CC(c2cnn(CC)c2)C1C. The van der Waals surface area contributed by atoms with Gasteiger partial charge < -0.3 is 5.32 Å². The lowest BCUT2D eigenvalue weighted by Crippen LogP contribution is -2.47. The standard InChI is InChI=1S/C13H23N3/c1-4-6-14-13-7-12(10(13)3)11-8-15-16(5-2)9-11/h8-10,12-14H,4-7H2,1-3H3. The van der Waals surface area contributed by atoms with E-state index in [1.165, 1.54) is 18.4 Å². The van der Waals surface area contributed by atoms with Gasteiger partial charge in [-0.15, -0.1) is 0 Å². The van der Waals surface area contributed by atoms with E-state index in [9.17, 15) is 0 Å². The van der Waals surface area contributed by atoms with Crippen LogP contribution < -0.4 is 5.32 Å². The van der Waals surface area contributed by atoms with Crippen LogP contribution in [0.5, 0.6) is 0 Å². The Kier molecular flexibility index (Phi) is 3.64. The van der Waals surface area contributed by atoms with E-state index in [2.05, 4.69) is 37.4 Å². The van der Waals surface area contributed by atoms with Crippen LogP contribution in [-0.2, 0) is 6.54 Å². The molecule has 0 saturated heterocycles. The Morgan fingerprint density at radius 3 is 2.88 bits per heavy atom. The molecule has 3 unspecified atom stereocenters. The zero-order valence-corrected chi connectivity index (χ0v) is 10.6. The summed E-state index contributed by atoms with van der Waals surface area (Å²) in [6.07, 6.45) is 6.75. The molecular formula is C13H23N3. The summed E-state index contributed by atoms with van der Waals surface area (Å²) in [5.41, 5.74) is 1.42. The lowest BCUT2D eigenvalue weighted by molar-refractivity contribution is 0.185. The number of rotatable bonds is 5. The van der Waals surface area contributed by atoms with Gasteiger partial charge >= 0.3 is 0 Å². The quantitative estimate of drug-likeness (QED) is 0.827. The highest BCUT2D eigenvalue weighted by Gasteiger charge is 2.38. The molecular weight excluding hydrogens is 198 g/mol. The lowest BCUT2D eigenvalue weighted by atomic mass is 9.68. The highest BCUT2D eigenvalue weighted by molar-refractivity contribution is 5.19. The van der Waals surface area contributed by atoms with Gasteiger partial charge in [0.2, 0.25) is 0 Å². The molecule has 3 atom stereocenters. The fraction of sp³-hybridized carbons (Fsp3) is 0.769. The Morgan fingerprint density at radius 2 is 2.31 bits per heavy atom. The predicted octanol–water partition coefficient (Wildman–Crippen LogP) is 2.39. The summed E-state index contributed by atoms with van der Waals surface area (Å²) in [5.74, 6) is 1.47. The maximum atomic E-state index is 4.36. The van der Waals surface area contributed by atoms with Gasteiger partial charge in [0, 0.05) is 18.8 Å². The molecule has 0 aliphatic heterocycles. The minimum Gasteiger partial charge on any atom is -0.314 e. The zero-order chi connectivity index (χ0) is 11.5. The summed E-state index contributed by atoms with van der Waals surface area (Å²) < 4.78 is 2.02. The molecule has 1 fully saturated rings. The average molecular weight is 221 g/mol. The van der Waals surface area contributed by atoms with Crippen molar-refractivity contribution in [2.24, 2.45) is 5.92 Å². The Balaban J connectivity index is 1.89. The number of aryl methyl sites for hydroxylation is 1. The van der Waals surface area contributed by atoms with Crippen molar-refractivity contribution in [1.29, 1.82) is 0 Å². The van der Waals surface area contributed by atoms with Crippen LogP contribution in [0.25, 0.3) is 0 Å². The fourth-order valence-corrected chi connectivity index (χ4v) is 2.57. The fourth-order valence-electron chi connectivity index (χ4n) is 2.57. The summed E-state index contributed by atoms with van der Waals surface area (Å²) in [6, 6.07) is 0.718. The number of nitrogens with one attached hydrogen (secondary N) is 1. The van der Waals surface area contributed by atoms with E-state index < -0.39 is 0 Å². The third kappa shape index (κ3) is 2.14. The van der Waals surface area contributed by atoms with Gasteiger partial charge in [0.05, 0.1) is 6.20 Å². The molecule has 1 N–H and O–H groups in total. The zero-order valence-electron chi connectivity index (χ0n) is 10.6. The molecule has 0 spiro atoms. The first-order valence-electron chi connectivity index (χ1n) is 6.52. The van der Waals surface area contributed by atoms with E-state index in [0.29, 0.717) is 0 Å². The van der Waals surface area contributed by atoms with Gasteiger partial charge in [0.1, 0.15) is 0 Å². The molecule has 3 nitrogen and oxygen atoms in total. The minimum absolute atomic E-state index is 0.717. The Labute approximate surface area is 98.2 Å². The Hall–Kier alpha value is -0.830. The smallest absolute Gasteiger partial charge is 0.0524 e. The number of hydrogen-bond donors (Lipinski definition) is 1. The van der Waals surface area contributed by atoms with Crippen molar-refractivity contribution in [3.63, 3.8) is 0 Å². The van der Waals surface area contributed by atoms with Gasteiger partial charge in [-0.3, -0.25) is 4.68 Å². The highest BCUT2D eigenvalue weighted by atomic mass is 15.3. The van der Waals surface area contributed by atoms with Crippen molar-refractivity contribution in [3.8, 4) is 0 Å². The maximum Gasteiger partial charge on any atom is 0.0524 e. The van der Waals surface area contributed by atoms with Gasteiger partial charge in [0.15, 0.2) is 0 Å². The van der Waals surface area contributed by atoms with E-state index in [4.69, 9.17) is 0 Å². The van der Waals surface area contributed by atoms with Crippen LogP contribution in [0.4, 0.5) is 0 Å². The molecule has 3 heteroatoms. The first-order valence-corrected chi connectivity index (χ1v) is 6.52. The van der Waals surface area contributed by atoms with Crippen LogP contribution in [0, 0.1) is 5.92 Å². The van der Waals surface area contributed by atoms with Crippen molar-refractivity contribution in [1.82, 2.24) is 15.1 Å². The number of aromatic nitrogens is 2. The van der Waals surface area contributed by atoms with Crippen LogP contribution >= 0.6 is 0 Å². The molecule has 16 heavy (non-hydrogen) atoms. The molecule has 0 radical (unpaired) electrons. The lowest BCUT2D eigenvalue weighted by Gasteiger charge is -2.43. The molecule has 0 amide bonds. The van der Waals surface area contributed by atoms with Crippen LogP contribution in [-0.4, -0.2) is 22.4 Å². The van der Waals surface area contributed by atoms with Gasteiger partial charge in [-0.05, 0) is 43.7 Å². The van der Waals surface area contributed by atoms with Crippen LogP contribution in [0.15, 0.2) is 12.4 Å². The van der Waals surface area contributed by atoms with E-state index in [-0.39, 0.29) is 0 Å². The molecule has 2 rings (SSSR count). The highest BCUT2D eigenvalue weighted by Crippen LogP contribution is 2.42. The first kappa shape index (κ1) is 11.6. The molecule has 90 valence electrons. The third-order valence-corrected chi connectivity index (χ3v) is 3.84. The molecule has 1 aromatic rings. The van der Waals surface area contributed by atoms with E-state index in [0.717, 1.165) is 31.0 Å². The molecule has 0 aromatic carbocycles. The molecule has 1 aliphatic carbocycles. The summed E-state index contributed by atoms with van der Waals surface area (Å²) in [6.45, 7) is 8.82. The van der Waals surface area contributed by atoms with Gasteiger partial charge in [0.25, 0.3) is 0 Å². The predicted molar refractivity (Wildman–Crippen MR) is 66.5 cm³/mol. The molecule has 1 saturated carbocycles. The second kappa shape index (κ2) is 5.00. The average Bonchev–Trinajstić information content (AvgIpc) is 2.75. The summed E-state index contributed by atoms with van der Waals surface area (Å²) in [7, 11) is 0. The van der Waals surface area contributed by atoms with Crippen LogP contribution in [0.3, 0.4) is 0 Å². The van der Waals surface area contributed by atoms with E-state index in [1.54, 1.807) is 0 Å². The van der Waals surface area contributed by atoms with Crippen LogP contribution in [0.2, 0.25) is 0 Å². The van der Waals surface area contributed by atoms with E-state index >= 15 is 0 Å². The van der Waals surface area contributed by atoms with Crippen molar-refractivity contribution in [2.75, 3.05) is 6.54 Å². The molecule has 1 aromatic heterocycles. The molecule has 1 heterocycles. The van der Waals surface area contributed by atoms with Gasteiger partial charge in [-0.2, -0.15) is 5.10 Å². The van der Waals surface area contributed by atoms with Crippen molar-refractivity contribution in [3.05, 3.63) is 18.0 Å². The Morgan fingerprint density at radius 1 is 1.50 bits per heavy atom. The minimum atomic E-state index is 0.717. The first-order chi connectivity index (χ1) is 7.76. The van der Waals surface area contributed by atoms with Crippen LogP contribution in [0.1, 0.15) is 45.1 Å². The third-order valence-electron chi connectivity index (χ3n) is 3.84. The summed E-state index contributed by atoms with van der Waals surface area (Å²) in [4.78, 5) is 0. The molecule has 0 bridgehead atoms. The van der Waals surface area contributed by atoms with Crippen molar-refractivity contribution in [2.45, 2.75) is 52.1 Å². The summed E-state index contributed by atoms with van der Waals surface area (Å²) >= 11 is 0. The molecule has 1 aliphatic rings. The normalized spacial score (nSPS) is 29.1. The second-order valence-electron chi connectivity index (χ2n) is 4.89. The largest absolute Gasteiger partial charge is 0.314 e. The van der Waals surface area contributed by atoms with Gasteiger partial charge in [-0.25, -0.2) is 0 Å². The second-order valence-corrected chi connectivity index (χ2v) is 4.89. The maximum absolute atomic E-state index is 4.36. The van der Waals surface area contributed by atoms with Gasteiger partial charge in [-0.1, -0.05) is 13.8 Å². The van der Waals surface area contributed by atoms with Crippen molar-refractivity contribution < 1.29 is 0 Å². The Bertz CT molecular complexity index is 332. The summed E-state index contributed by atoms with van der Waals surface area (Å²) in [5, 5.41) is 7.97. The number of hydrogen-bond acceptors (Lipinski definition) is 2. The monoisotopic (exact) mass is 221 g/mol. The van der Waals surface area contributed by atoms with E-state index in [1.807, 2.05) is 10.9 Å².